The number of alkyl carbamates (subject to hydrolysis) is 1. The normalized spacial score (nSPS) is 13.5. The van der Waals surface area contributed by atoms with Gasteiger partial charge in [-0.2, -0.15) is 0 Å². The third-order valence-electron chi connectivity index (χ3n) is 6.55. The Hall–Kier alpha value is -3.59. The van der Waals surface area contributed by atoms with Gasteiger partial charge in [-0.15, -0.1) is 0 Å². The zero-order valence-electron chi connectivity index (χ0n) is 25.3. The highest BCUT2D eigenvalue weighted by atomic mass is 35.5. The summed E-state index contributed by atoms with van der Waals surface area (Å²) in [6.07, 6.45) is -0.519. The molecule has 0 saturated heterocycles. The first-order chi connectivity index (χ1) is 19.0. The number of ether oxygens (including phenoxy) is 1. The Balaban J connectivity index is 2.66. The Kier molecular flexibility index (Phi) is 11.8. The second-order valence-corrected chi connectivity index (χ2v) is 11.9. The van der Waals surface area contributed by atoms with Gasteiger partial charge in [0, 0.05) is 12.5 Å². The highest BCUT2D eigenvalue weighted by molar-refractivity contribution is 6.34. The number of nitrogens with two attached hydrogens (primary N) is 1. The number of benzene rings is 2. The number of anilines is 1. The van der Waals surface area contributed by atoms with E-state index in [2.05, 4.69) is 10.6 Å². The summed E-state index contributed by atoms with van der Waals surface area (Å²) in [5.74, 6) is -1.63. The first-order valence-corrected chi connectivity index (χ1v) is 14.2. The molecule has 0 aliphatic rings. The van der Waals surface area contributed by atoms with Crippen LogP contribution in [-0.4, -0.2) is 46.4 Å². The number of carbonyl (C=O) groups is 4. The van der Waals surface area contributed by atoms with Crippen molar-refractivity contribution in [2.75, 3.05) is 5.32 Å². The van der Waals surface area contributed by atoms with Crippen molar-refractivity contribution in [3.05, 3.63) is 63.7 Å². The fraction of sp³-hybridized carbons (Fsp3) is 0.484. The van der Waals surface area contributed by atoms with Crippen LogP contribution in [0.3, 0.4) is 0 Å². The van der Waals surface area contributed by atoms with Crippen molar-refractivity contribution in [1.82, 2.24) is 10.2 Å². The minimum Gasteiger partial charge on any atom is -0.444 e. The highest BCUT2D eigenvalue weighted by Gasteiger charge is 2.39. The summed E-state index contributed by atoms with van der Waals surface area (Å²) in [5.41, 5.74) is 8.23. The van der Waals surface area contributed by atoms with Gasteiger partial charge in [-0.25, -0.2) is 4.79 Å². The minimum absolute atomic E-state index is 0.0643. The van der Waals surface area contributed by atoms with Crippen molar-refractivity contribution in [2.45, 2.75) is 98.4 Å². The lowest BCUT2D eigenvalue weighted by Crippen LogP contribution is -2.55. The van der Waals surface area contributed by atoms with Crippen molar-refractivity contribution in [3.8, 4) is 0 Å². The minimum atomic E-state index is -1.17. The maximum absolute atomic E-state index is 14.3. The average Bonchev–Trinajstić information content (AvgIpc) is 2.84. The molecule has 0 spiro atoms. The number of hydrogen-bond acceptors (Lipinski definition) is 5. The summed E-state index contributed by atoms with van der Waals surface area (Å²) in [5, 5.41) is 5.92. The molecule has 0 saturated carbocycles. The molecule has 0 aromatic heterocycles. The Bertz CT molecular complexity index is 1230. The third-order valence-corrected chi connectivity index (χ3v) is 6.86. The molecule has 9 nitrogen and oxygen atoms in total. The van der Waals surface area contributed by atoms with Crippen LogP contribution in [0.15, 0.2) is 36.4 Å². The van der Waals surface area contributed by atoms with Crippen LogP contribution in [-0.2, 0) is 19.1 Å². The molecule has 3 unspecified atom stereocenters. The summed E-state index contributed by atoms with van der Waals surface area (Å²) < 4.78 is 5.39. The zero-order valence-corrected chi connectivity index (χ0v) is 26.0. The van der Waals surface area contributed by atoms with E-state index >= 15 is 0 Å². The number of para-hydroxylation sites is 1. The summed E-state index contributed by atoms with van der Waals surface area (Å²) in [6, 6.07) is 8.31. The first-order valence-electron chi connectivity index (χ1n) is 13.8. The molecular formula is C31H43ClN4O5. The summed E-state index contributed by atoms with van der Waals surface area (Å²) in [4.78, 5) is 54.4. The van der Waals surface area contributed by atoms with Crippen molar-refractivity contribution in [1.29, 1.82) is 0 Å². The van der Waals surface area contributed by atoms with Gasteiger partial charge in [0.15, 0.2) is 0 Å². The molecule has 3 atom stereocenters. The van der Waals surface area contributed by atoms with E-state index in [9.17, 15) is 19.2 Å². The number of hydrogen-bond donors (Lipinski definition) is 3. The highest BCUT2D eigenvalue weighted by Crippen LogP contribution is 2.32. The van der Waals surface area contributed by atoms with E-state index in [-0.39, 0.29) is 12.8 Å². The van der Waals surface area contributed by atoms with Gasteiger partial charge in [0.1, 0.15) is 17.7 Å². The molecule has 0 fully saturated rings. The Morgan fingerprint density at radius 3 is 2.17 bits per heavy atom. The van der Waals surface area contributed by atoms with E-state index in [0.29, 0.717) is 22.7 Å². The van der Waals surface area contributed by atoms with Crippen molar-refractivity contribution in [3.63, 3.8) is 0 Å². The van der Waals surface area contributed by atoms with Crippen LogP contribution in [0.2, 0.25) is 5.02 Å². The summed E-state index contributed by atoms with van der Waals surface area (Å²) in [7, 11) is 0. The van der Waals surface area contributed by atoms with Crippen LogP contribution in [0.25, 0.3) is 0 Å². The topological polar surface area (TPSA) is 131 Å². The molecule has 4 N–H and O–H groups in total. The van der Waals surface area contributed by atoms with E-state index in [1.807, 2.05) is 58.9 Å². The van der Waals surface area contributed by atoms with Crippen LogP contribution in [0.1, 0.15) is 82.2 Å². The molecule has 2 aromatic rings. The van der Waals surface area contributed by atoms with E-state index < -0.39 is 47.5 Å². The maximum Gasteiger partial charge on any atom is 0.408 e. The van der Waals surface area contributed by atoms with Gasteiger partial charge in [-0.3, -0.25) is 14.4 Å². The predicted octanol–water partition coefficient (Wildman–Crippen LogP) is 5.73. The average molecular weight is 587 g/mol. The van der Waals surface area contributed by atoms with E-state index in [0.717, 1.165) is 16.7 Å². The molecule has 4 amide bonds. The number of amides is 4. The maximum atomic E-state index is 14.3. The van der Waals surface area contributed by atoms with Crippen LogP contribution in [0.5, 0.6) is 0 Å². The number of rotatable bonds is 11. The molecule has 0 heterocycles. The second-order valence-electron chi connectivity index (χ2n) is 11.5. The Morgan fingerprint density at radius 1 is 1.05 bits per heavy atom. The van der Waals surface area contributed by atoms with Crippen LogP contribution in [0.4, 0.5) is 10.5 Å². The molecule has 0 aliphatic carbocycles. The monoisotopic (exact) mass is 586 g/mol. The van der Waals surface area contributed by atoms with Gasteiger partial charge in [0.25, 0.3) is 5.91 Å². The molecule has 224 valence electrons. The lowest BCUT2D eigenvalue weighted by molar-refractivity contribution is -0.143. The van der Waals surface area contributed by atoms with Gasteiger partial charge in [0.05, 0.1) is 10.7 Å². The lowest BCUT2D eigenvalue weighted by atomic mass is 9.96. The molecule has 0 aliphatic heterocycles. The van der Waals surface area contributed by atoms with Crippen LogP contribution >= 0.6 is 11.6 Å². The molecular weight excluding hydrogens is 544 g/mol. The summed E-state index contributed by atoms with van der Waals surface area (Å²) >= 11 is 6.44. The van der Waals surface area contributed by atoms with Crippen LogP contribution < -0.4 is 16.4 Å². The molecule has 41 heavy (non-hydrogen) atoms. The fourth-order valence-corrected chi connectivity index (χ4v) is 4.83. The summed E-state index contributed by atoms with van der Waals surface area (Å²) in [6.45, 7) is 14.5. The third kappa shape index (κ3) is 9.78. The Morgan fingerprint density at radius 2 is 1.66 bits per heavy atom. The number of carbonyl (C=O) groups excluding carboxylic acids is 4. The van der Waals surface area contributed by atoms with Gasteiger partial charge >= 0.3 is 6.09 Å². The van der Waals surface area contributed by atoms with Crippen LogP contribution in [0, 0.1) is 20.8 Å². The lowest BCUT2D eigenvalue weighted by Gasteiger charge is -2.38. The number of nitrogens with one attached hydrogen (secondary N) is 2. The van der Waals surface area contributed by atoms with Gasteiger partial charge < -0.3 is 26.0 Å². The number of nitrogens with zero attached hydrogens (tertiary/aromatic N) is 1. The van der Waals surface area contributed by atoms with Crippen molar-refractivity contribution in [2.24, 2.45) is 5.73 Å². The number of primary amides is 1. The number of halogens is 1. The first kappa shape index (κ1) is 33.6. The SMILES string of the molecule is CCC(C)N(C(=O)C(CCC(N)=O)NC(=O)OC(C)(C)C)C(C(=O)Nc1c(C)cccc1Cl)c1cc(C)cc(C)c1. The molecule has 0 bridgehead atoms. The quantitative estimate of drug-likeness (QED) is 0.309. The van der Waals surface area contributed by atoms with E-state index in [1.165, 1.54) is 4.90 Å². The van der Waals surface area contributed by atoms with E-state index in [1.54, 1.807) is 32.9 Å². The zero-order chi connectivity index (χ0) is 31.1. The largest absolute Gasteiger partial charge is 0.444 e. The second kappa shape index (κ2) is 14.3. The molecule has 10 heteroatoms. The van der Waals surface area contributed by atoms with Gasteiger partial charge in [-0.05, 0) is 78.5 Å². The molecule has 0 radical (unpaired) electrons. The van der Waals surface area contributed by atoms with Gasteiger partial charge in [0.2, 0.25) is 11.8 Å². The molecule has 2 rings (SSSR count). The smallest absolute Gasteiger partial charge is 0.408 e. The standard InChI is InChI=1S/C31H43ClN4O5/c1-9-21(5)36(29(39)24(13-14-25(33)37)34-30(40)41-31(6,7)8)27(22-16-18(2)15-19(3)17-22)28(38)35-26-20(4)11-10-12-23(26)32/h10-12,15-17,21,24,27H,9,13-14H2,1-8H3,(H2,33,37)(H,34,40)(H,35,38). The number of aryl methyl sites for hydroxylation is 3. The van der Waals surface area contributed by atoms with E-state index in [4.69, 9.17) is 22.1 Å². The fourth-order valence-electron chi connectivity index (χ4n) is 4.56. The molecule has 2 aromatic carbocycles. The van der Waals surface area contributed by atoms with Crippen molar-refractivity contribution < 1.29 is 23.9 Å². The Labute approximate surface area is 248 Å². The predicted molar refractivity (Wildman–Crippen MR) is 162 cm³/mol. The van der Waals surface area contributed by atoms with Gasteiger partial charge in [-0.1, -0.05) is 60.0 Å². The van der Waals surface area contributed by atoms with Crippen molar-refractivity contribution >= 4 is 41.1 Å².